The molecule has 1 N–H and O–H groups in total. The highest BCUT2D eigenvalue weighted by Crippen LogP contribution is 2.18. The van der Waals surface area contributed by atoms with Crippen molar-refractivity contribution in [3.05, 3.63) is 30.5 Å². The summed E-state index contributed by atoms with van der Waals surface area (Å²) in [7, 11) is 1.87. The number of nitrogens with zero attached hydrogens (tertiary/aromatic N) is 3. The summed E-state index contributed by atoms with van der Waals surface area (Å²) >= 11 is 0. The lowest BCUT2D eigenvalue weighted by molar-refractivity contribution is 0.608. The van der Waals surface area contributed by atoms with Crippen LogP contribution in [-0.4, -0.2) is 21.8 Å². The van der Waals surface area contributed by atoms with Crippen LogP contribution in [0.5, 0.6) is 0 Å². The van der Waals surface area contributed by atoms with E-state index in [-0.39, 0.29) is 0 Å². The zero-order chi connectivity index (χ0) is 11.4. The van der Waals surface area contributed by atoms with Gasteiger partial charge in [-0.3, -0.25) is 4.68 Å². The summed E-state index contributed by atoms with van der Waals surface area (Å²) in [6.07, 6.45) is 2.89. The average Bonchev–Trinajstić information content (AvgIpc) is 2.78. The quantitative estimate of drug-likeness (QED) is 0.853. The molecule has 2 rings (SSSR count). The first-order valence-corrected chi connectivity index (χ1v) is 5.52. The third-order valence-electron chi connectivity index (χ3n) is 2.42. The Morgan fingerprint density at radius 1 is 1.31 bits per heavy atom. The summed E-state index contributed by atoms with van der Waals surface area (Å²) in [4.78, 5) is 4.50. The second-order valence-corrected chi connectivity index (χ2v) is 3.60. The molecule has 16 heavy (non-hydrogen) atoms. The van der Waals surface area contributed by atoms with Crippen LogP contribution in [0.15, 0.2) is 30.5 Å². The van der Waals surface area contributed by atoms with E-state index in [0.717, 1.165) is 30.2 Å². The number of pyridine rings is 1. The molecule has 0 fully saturated rings. The van der Waals surface area contributed by atoms with Crippen molar-refractivity contribution in [2.75, 3.05) is 12.4 Å². The van der Waals surface area contributed by atoms with Crippen molar-refractivity contribution in [1.82, 2.24) is 14.8 Å². The zero-order valence-corrected chi connectivity index (χ0v) is 9.64. The van der Waals surface area contributed by atoms with Gasteiger partial charge in [-0.05, 0) is 24.6 Å². The number of nitrogens with one attached hydrogen (secondary N) is 1. The molecule has 0 aliphatic carbocycles. The van der Waals surface area contributed by atoms with Gasteiger partial charge in [0.1, 0.15) is 5.82 Å². The van der Waals surface area contributed by atoms with Crippen LogP contribution >= 0.6 is 0 Å². The molecular weight excluding hydrogens is 200 g/mol. The summed E-state index contributed by atoms with van der Waals surface area (Å²) in [5.74, 6) is 0.877. The lowest BCUT2D eigenvalue weighted by Gasteiger charge is -2.06. The van der Waals surface area contributed by atoms with E-state index >= 15 is 0 Å². The summed E-state index contributed by atoms with van der Waals surface area (Å²) < 4.78 is 1.99. The van der Waals surface area contributed by atoms with Crippen LogP contribution in [0.25, 0.3) is 11.4 Å². The Morgan fingerprint density at radius 2 is 2.19 bits per heavy atom. The molecule has 0 radical (unpaired) electrons. The SMILES string of the molecule is CCCn1nccc1-c1cccc(NC)n1. The largest absolute Gasteiger partial charge is 0.373 e. The van der Waals surface area contributed by atoms with Crippen molar-refractivity contribution < 1.29 is 0 Å². The number of hydrogen-bond acceptors (Lipinski definition) is 3. The van der Waals surface area contributed by atoms with Crippen molar-refractivity contribution in [1.29, 1.82) is 0 Å². The van der Waals surface area contributed by atoms with Gasteiger partial charge in [-0.2, -0.15) is 5.10 Å². The van der Waals surface area contributed by atoms with E-state index in [1.165, 1.54) is 0 Å². The lowest BCUT2D eigenvalue weighted by Crippen LogP contribution is -2.02. The molecule has 0 saturated carbocycles. The van der Waals surface area contributed by atoms with Crippen molar-refractivity contribution in [2.24, 2.45) is 0 Å². The van der Waals surface area contributed by atoms with Crippen LogP contribution in [0.2, 0.25) is 0 Å². The van der Waals surface area contributed by atoms with Gasteiger partial charge in [0.2, 0.25) is 0 Å². The number of rotatable bonds is 4. The Labute approximate surface area is 95.3 Å². The molecule has 2 aromatic rings. The molecule has 0 aromatic carbocycles. The fraction of sp³-hybridized carbons (Fsp3) is 0.333. The first-order chi connectivity index (χ1) is 7.85. The van der Waals surface area contributed by atoms with Gasteiger partial charge in [0, 0.05) is 19.8 Å². The Bertz CT molecular complexity index is 462. The minimum Gasteiger partial charge on any atom is -0.373 e. The lowest BCUT2D eigenvalue weighted by atomic mass is 10.2. The highest BCUT2D eigenvalue weighted by molar-refractivity contribution is 5.57. The molecule has 0 amide bonds. The van der Waals surface area contributed by atoms with Crippen LogP contribution in [-0.2, 0) is 6.54 Å². The van der Waals surface area contributed by atoms with Gasteiger partial charge < -0.3 is 5.32 Å². The highest BCUT2D eigenvalue weighted by Gasteiger charge is 2.06. The van der Waals surface area contributed by atoms with E-state index in [9.17, 15) is 0 Å². The molecule has 4 nitrogen and oxygen atoms in total. The van der Waals surface area contributed by atoms with E-state index in [2.05, 4.69) is 22.3 Å². The molecule has 84 valence electrons. The molecular formula is C12H16N4. The van der Waals surface area contributed by atoms with Gasteiger partial charge in [-0.25, -0.2) is 4.98 Å². The molecule has 0 aliphatic heterocycles. The van der Waals surface area contributed by atoms with Crippen molar-refractivity contribution in [3.8, 4) is 11.4 Å². The fourth-order valence-electron chi connectivity index (χ4n) is 1.66. The van der Waals surface area contributed by atoms with Gasteiger partial charge in [-0.15, -0.1) is 0 Å². The Kier molecular flexibility index (Phi) is 3.19. The van der Waals surface area contributed by atoms with Crippen molar-refractivity contribution >= 4 is 5.82 Å². The minimum absolute atomic E-state index is 0.877. The summed E-state index contributed by atoms with van der Waals surface area (Å²) in [5, 5.41) is 7.33. The van der Waals surface area contributed by atoms with Crippen LogP contribution in [0, 0.1) is 0 Å². The fourth-order valence-corrected chi connectivity index (χ4v) is 1.66. The van der Waals surface area contributed by atoms with Crippen molar-refractivity contribution in [3.63, 3.8) is 0 Å². The topological polar surface area (TPSA) is 42.7 Å². The summed E-state index contributed by atoms with van der Waals surface area (Å²) in [6, 6.07) is 7.95. The Hall–Kier alpha value is -1.84. The average molecular weight is 216 g/mol. The zero-order valence-electron chi connectivity index (χ0n) is 9.64. The molecule has 0 unspecified atom stereocenters. The molecule has 0 spiro atoms. The number of aryl methyl sites for hydroxylation is 1. The predicted molar refractivity (Wildman–Crippen MR) is 65.3 cm³/mol. The third-order valence-corrected chi connectivity index (χ3v) is 2.42. The molecule has 0 atom stereocenters. The van der Waals surface area contributed by atoms with Crippen molar-refractivity contribution in [2.45, 2.75) is 19.9 Å². The molecule has 4 heteroatoms. The maximum atomic E-state index is 4.50. The van der Waals surface area contributed by atoms with Gasteiger partial charge >= 0.3 is 0 Å². The van der Waals surface area contributed by atoms with Gasteiger partial charge in [0.05, 0.1) is 11.4 Å². The van der Waals surface area contributed by atoms with Crippen LogP contribution in [0.1, 0.15) is 13.3 Å². The normalized spacial score (nSPS) is 10.4. The van der Waals surface area contributed by atoms with E-state index < -0.39 is 0 Å². The Morgan fingerprint density at radius 3 is 2.94 bits per heavy atom. The number of hydrogen-bond donors (Lipinski definition) is 1. The molecule has 0 bridgehead atoms. The standard InChI is InChI=1S/C12H16N4/c1-3-9-16-11(7-8-14-16)10-5-4-6-12(13-2)15-10/h4-8H,3,9H2,1-2H3,(H,13,15). The Balaban J connectivity index is 2.37. The van der Waals surface area contributed by atoms with E-state index in [1.54, 1.807) is 0 Å². The molecule has 2 aromatic heterocycles. The first kappa shape index (κ1) is 10.7. The van der Waals surface area contributed by atoms with E-state index in [4.69, 9.17) is 0 Å². The monoisotopic (exact) mass is 216 g/mol. The highest BCUT2D eigenvalue weighted by atomic mass is 15.3. The molecule has 2 heterocycles. The van der Waals surface area contributed by atoms with Gasteiger partial charge in [0.15, 0.2) is 0 Å². The summed E-state index contributed by atoms with van der Waals surface area (Å²) in [6.45, 7) is 3.07. The number of aromatic nitrogens is 3. The second kappa shape index (κ2) is 4.79. The summed E-state index contributed by atoms with van der Waals surface area (Å²) in [5.41, 5.74) is 2.02. The maximum absolute atomic E-state index is 4.50. The smallest absolute Gasteiger partial charge is 0.126 e. The van der Waals surface area contributed by atoms with Crippen LogP contribution < -0.4 is 5.32 Å². The number of anilines is 1. The van der Waals surface area contributed by atoms with Crippen LogP contribution in [0.3, 0.4) is 0 Å². The minimum atomic E-state index is 0.877. The molecule has 0 saturated heterocycles. The first-order valence-electron chi connectivity index (χ1n) is 5.52. The maximum Gasteiger partial charge on any atom is 0.126 e. The van der Waals surface area contributed by atoms with Crippen LogP contribution in [0.4, 0.5) is 5.82 Å². The predicted octanol–water partition coefficient (Wildman–Crippen LogP) is 2.40. The van der Waals surface area contributed by atoms with E-state index in [0.29, 0.717) is 0 Å². The molecule has 0 aliphatic rings. The van der Waals surface area contributed by atoms with Gasteiger partial charge in [-0.1, -0.05) is 13.0 Å². The van der Waals surface area contributed by atoms with E-state index in [1.807, 2.05) is 42.2 Å². The van der Waals surface area contributed by atoms with Gasteiger partial charge in [0.25, 0.3) is 0 Å². The third kappa shape index (κ3) is 2.05. The second-order valence-electron chi connectivity index (χ2n) is 3.60.